The van der Waals surface area contributed by atoms with Gasteiger partial charge in [-0.2, -0.15) is 0 Å². The lowest BCUT2D eigenvalue weighted by Gasteiger charge is -2.06. The van der Waals surface area contributed by atoms with Gasteiger partial charge in [0.05, 0.1) is 33.9 Å². The highest BCUT2D eigenvalue weighted by molar-refractivity contribution is 6.30. The van der Waals surface area contributed by atoms with Gasteiger partial charge in [-0.25, -0.2) is 0 Å². The number of nitrogens with zero attached hydrogens (tertiary/aromatic N) is 2. The van der Waals surface area contributed by atoms with Crippen LogP contribution in [0.15, 0.2) is 47.8 Å². The average molecular weight is 318 g/mol. The molecule has 2 aliphatic rings. The second kappa shape index (κ2) is 5.13. The van der Waals surface area contributed by atoms with E-state index in [1.165, 1.54) is 0 Å². The number of amides is 2. The molecule has 0 fully saturated rings. The molecule has 4 heterocycles. The topological polar surface area (TPSA) is 84.0 Å². The van der Waals surface area contributed by atoms with Crippen LogP contribution in [0, 0.1) is 13.8 Å². The first kappa shape index (κ1) is 14.3. The van der Waals surface area contributed by atoms with Crippen molar-refractivity contribution in [3.63, 3.8) is 0 Å². The normalized spacial score (nSPS) is 16.4. The van der Waals surface area contributed by atoms with Gasteiger partial charge < -0.3 is 10.6 Å². The average Bonchev–Trinajstić information content (AvgIpc) is 3.08. The molecule has 0 atom stereocenters. The molecule has 0 bridgehead atoms. The third kappa shape index (κ3) is 2.11. The number of carbonyl (C=O) groups is 2. The van der Waals surface area contributed by atoms with E-state index in [-0.39, 0.29) is 11.8 Å². The highest BCUT2D eigenvalue weighted by Crippen LogP contribution is 2.36. The van der Waals surface area contributed by atoms with Crippen LogP contribution in [0.2, 0.25) is 0 Å². The van der Waals surface area contributed by atoms with Crippen molar-refractivity contribution in [2.45, 2.75) is 13.8 Å². The fraction of sp³-hybridized carbons (Fsp3) is 0.111. The summed E-state index contributed by atoms with van der Waals surface area (Å²) in [7, 11) is 0. The van der Waals surface area contributed by atoms with E-state index in [0.717, 1.165) is 11.1 Å². The van der Waals surface area contributed by atoms with Gasteiger partial charge in [0.25, 0.3) is 11.8 Å². The van der Waals surface area contributed by atoms with Crippen LogP contribution in [0.25, 0.3) is 11.4 Å². The summed E-state index contributed by atoms with van der Waals surface area (Å²) < 4.78 is 0. The second-order valence-corrected chi connectivity index (χ2v) is 5.85. The van der Waals surface area contributed by atoms with Gasteiger partial charge in [0.15, 0.2) is 0 Å². The molecule has 0 spiro atoms. The maximum absolute atomic E-state index is 12.4. The Bertz CT molecular complexity index is 858. The van der Waals surface area contributed by atoms with Crippen molar-refractivity contribution in [2.24, 2.45) is 0 Å². The van der Waals surface area contributed by atoms with E-state index < -0.39 is 0 Å². The number of pyridine rings is 2. The Morgan fingerprint density at radius 2 is 1.12 bits per heavy atom. The van der Waals surface area contributed by atoms with Crippen molar-refractivity contribution in [1.82, 2.24) is 20.6 Å². The van der Waals surface area contributed by atoms with Crippen molar-refractivity contribution in [3.05, 3.63) is 70.3 Å². The first-order chi connectivity index (χ1) is 11.5. The van der Waals surface area contributed by atoms with Gasteiger partial charge in [0, 0.05) is 12.4 Å². The largest absolute Gasteiger partial charge is 0.319 e. The van der Waals surface area contributed by atoms with Gasteiger partial charge in [-0.3, -0.25) is 19.6 Å². The lowest BCUT2D eigenvalue weighted by Crippen LogP contribution is -2.22. The van der Waals surface area contributed by atoms with Crippen LogP contribution in [-0.2, 0) is 9.59 Å². The molecule has 24 heavy (non-hydrogen) atoms. The molecule has 0 saturated heterocycles. The van der Waals surface area contributed by atoms with Crippen LogP contribution in [0.5, 0.6) is 0 Å². The predicted octanol–water partition coefficient (Wildman–Crippen LogP) is 1.48. The third-order valence-electron chi connectivity index (χ3n) is 4.02. The van der Waals surface area contributed by atoms with Crippen molar-refractivity contribution in [2.75, 3.05) is 0 Å². The van der Waals surface area contributed by atoms with Gasteiger partial charge in [-0.15, -0.1) is 0 Å². The highest BCUT2D eigenvalue weighted by Gasteiger charge is 2.41. The van der Waals surface area contributed by atoms with Gasteiger partial charge in [-0.1, -0.05) is 12.1 Å². The van der Waals surface area contributed by atoms with E-state index in [0.29, 0.717) is 33.9 Å². The molecule has 0 unspecified atom stereocenters. The highest BCUT2D eigenvalue weighted by atomic mass is 16.2. The standard InChI is InChI=1S/C18H14N4O2/c1-9-3-5-11(19-7-9)15-13-14(18(24)21-15)16(22-17(13)23)12-6-4-10(2)8-20-12/h3-8H,1-2H3,(H,21,24)(H,22,23). The molecule has 2 N–H and O–H groups in total. The first-order valence-electron chi connectivity index (χ1n) is 7.52. The Kier molecular flexibility index (Phi) is 3.06. The number of aryl methyl sites for hydroxylation is 2. The van der Waals surface area contributed by atoms with Crippen LogP contribution in [0.4, 0.5) is 0 Å². The molecule has 0 saturated carbocycles. The zero-order valence-corrected chi connectivity index (χ0v) is 13.2. The Morgan fingerprint density at radius 1 is 0.708 bits per heavy atom. The Labute approximate surface area is 138 Å². The van der Waals surface area contributed by atoms with Crippen molar-refractivity contribution >= 4 is 23.2 Å². The number of fused-ring (bicyclic) bond motifs is 1. The maximum atomic E-state index is 12.4. The Hall–Kier alpha value is -3.28. The summed E-state index contributed by atoms with van der Waals surface area (Å²) in [6, 6.07) is 7.35. The molecule has 0 aliphatic carbocycles. The van der Waals surface area contributed by atoms with Gasteiger partial charge in [0.2, 0.25) is 0 Å². The SMILES string of the molecule is Cc1ccc(C2=C3C(=O)NC(c4ccc(C)cn4)=C3C(=O)N2)nc1. The molecular formula is C18H14N4O2. The summed E-state index contributed by atoms with van der Waals surface area (Å²) >= 11 is 0. The molecule has 6 heteroatoms. The van der Waals surface area contributed by atoms with Crippen LogP contribution >= 0.6 is 0 Å². The first-order valence-corrected chi connectivity index (χ1v) is 7.52. The summed E-state index contributed by atoms with van der Waals surface area (Å²) in [6.07, 6.45) is 3.40. The van der Waals surface area contributed by atoms with E-state index in [1.807, 2.05) is 26.0 Å². The summed E-state index contributed by atoms with van der Waals surface area (Å²) in [4.78, 5) is 33.5. The smallest absolute Gasteiger partial charge is 0.258 e. The fourth-order valence-electron chi connectivity index (χ4n) is 2.80. The van der Waals surface area contributed by atoms with E-state index >= 15 is 0 Å². The van der Waals surface area contributed by atoms with E-state index in [2.05, 4.69) is 20.6 Å². The number of aromatic nitrogens is 2. The molecule has 6 nitrogen and oxygen atoms in total. The molecular weight excluding hydrogens is 304 g/mol. The monoisotopic (exact) mass is 318 g/mol. The third-order valence-corrected chi connectivity index (χ3v) is 4.02. The lowest BCUT2D eigenvalue weighted by atomic mass is 10.1. The zero-order valence-electron chi connectivity index (χ0n) is 13.2. The number of carbonyl (C=O) groups excluding carboxylic acids is 2. The molecule has 2 aromatic heterocycles. The minimum Gasteiger partial charge on any atom is -0.319 e. The van der Waals surface area contributed by atoms with Crippen LogP contribution < -0.4 is 10.6 Å². The van der Waals surface area contributed by atoms with Crippen LogP contribution in [0.3, 0.4) is 0 Å². The molecule has 2 aromatic rings. The fourth-order valence-corrected chi connectivity index (χ4v) is 2.80. The van der Waals surface area contributed by atoms with Gasteiger partial charge in [0.1, 0.15) is 0 Å². The quantitative estimate of drug-likeness (QED) is 0.878. The predicted molar refractivity (Wildman–Crippen MR) is 88.1 cm³/mol. The molecule has 2 amide bonds. The Balaban J connectivity index is 1.88. The number of hydrogen-bond donors (Lipinski definition) is 2. The lowest BCUT2D eigenvalue weighted by molar-refractivity contribution is -0.117. The maximum Gasteiger partial charge on any atom is 0.258 e. The summed E-state index contributed by atoms with van der Waals surface area (Å²) in [5.74, 6) is -0.642. The Morgan fingerprint density at radius 3 is 1.46 bits per heavy atom. The van der Waals surface area contributed by atoms with Gasteiger partial charge >= 0.3 is 0 Å². The second-order valence-electron chi connectivity index (χ2n) is 5.85. The van der Waals surface area contributed by atoms with Gasteiger partial charge in [-0.05, 0) is 37.1 Å². The summed E-state index contributed by atoms with van der Waals surface area (Å²) in [5.41, 5.74) is 4.67. The molecule has 0 aromatic carbocycles. The van der Waals surface area contributed by atoms with E-state index in [4.69, 9.17) is 0 Å². The number of hydrogen-bond acceptors (Lipinski definition) is 4. The van der Waals surface area contributed by atoms with E-state index in [1.54, 1.807) is 24.5 Å². The number of rotatable bonds is 2. The van der Waals surface area contributed by atoms with Crippen molar-refractivity contribution in [3.8, 4) is 0 Å². The number of nitrogens with one attached hydrogen (secondary N) is 2. The van der Waals surface area contributed by atoms with E-state index in [9.17, 15) is 9.59 Å². The molecule has 118 valence electrons. The van der Waals surface area contributed by atoms with Crippen LogP contribution in [0.1, 0.15) is 22.5 Å². The minimum atomic E-state index is -0.321. The molecule has 0 radical (unpaired) electrons. The summed E-state index contributed by atoms with van der Waals surface area (Å²) in [5, 5.41) is 5.53. The van der Waals surface area contributed by atoms with Crippen LogP contribution in [-0.4, -0.2) is 21.8 Å². The van der Waals surface area contributed by atoms with Crippen molar-refractivity contribution in [1.29, 1.82) is 0 Å². The zero-order chi connectivity index (χ0) is 16.8. The molecule has 4 rings (SSSR count). The minimum absolute atomic E-state index is 0.321. The van der Waals surface area contributed by atoms with Crippen molar-refractivity contribution < 1.29 is 9.59 Å². The molecule has 2 aliphatic heterocycles. The summed E-state index contributed by atoms with van der Waals surface area (Å²) in [6.45, 7) is 3.85.